The van der Waals surface area contributed by atoms with Crippen LogP contribution in [-0.4, -0.2) is 62.1 Å². The Labute approximate surface area is 213 Å². The highest BCUT2D eigenvalue weighted by molar-refractivity contribution is 5.69. The van der Waals surface area contributed by atoms with Crippen molar-refractivity contribution < 1.29 is 9.53 Å². The molecule has 1 unspecified atom stereocenters. The van der Waals surface area contributed by atoms with E-state index in [9.17, 15) is 4.79 Å². The molecule has 0 aliphatic carbocycles. The zero-order valence-corrected chi connectivity index (χ0v) is 23.5. The molecule has 0 N–H and O–H groups in total. The molecule has 0 aromatic carbocycles. The average molecular weight is 481 g/mol. The monoisotopic (exact) mass is 480 g/mol. The van der Waals surface area contributed by atoms with E-state index in [2.05, 4.69) is 30.8 Å². The molecule has 34 heavy (non-hydrogen) atoms. The molecule has 1 heterocycles. The number of piperidine rings is 1. The Balaban J connectivity index is 1.88. The van der Waals surface area contributed by atoms with Crippen molar-refractivity contribution in [2.75, 3.05) is 40.3 Å². The first-order chi connectivity index (χ1) is 16.6. The van der Waals surface area contributed by atoms with Gasteiger partial charge in [0.25, 0.3) is 0 Å². The topological polar surface area (TPSA) is 32.8 Å². The molecule has 0 bridgehead atoms. The third kappa shape index (κ3) is 18.7. The Morgan fingerprint density at radius 2 is 1.35 bits per heavy atom. The molecule has 1 saturated heterocycles. The molecule has 1 fully saturated rings. The third-order valence-corrected chi connectivity index (χ3v) is 7.50. The van der Waals surface area contributed by atoms with E-state index in [1.54, 1.807) is 0 Å². The minimum Gasteiger partial charge on any atom is -0.466 e. The molecule has 1 atom stereocenters. The zero-order chi connectivity index (χ0) is 24.7. The minimum absolute atomic E-state index is 0.0182. The standard InChI is InChI=1S/C30H60N2O2/c1-4-5-6-7-8-9-10-11-12-13-14-15-16-17-18-23-30(33)34-28-24-29-22-19-20-26-32(29)27-21-25-31(2)3/h29H,4-28H2,1-3H3. The van der Waals surface area contributed by atoms with Crippen molar-refractivity contribution in [2.45, 2.75) is 148 Å². The quantitative estimate of drug-likeness (QED) is 0.110. The number of likely N-dealkylation sites (tertiary alicyclic amines) is 1. The lowest BCUT2D eigenvalue weighted by Crippen LogP contribution is -2.41. The van der Waals surface area contributed by atoms with Crippen LogP contribution in [0.25, 0.3) is 0 Å². The number of rotatable bonds is 23. The molecule has 4 heteroatoms. The normalized spacial score (nSPS) is 16.9. The lowest BCUT2D eigenvalue weighted by molar-refractivity contribution is -0.144. The number of esters is 1. The fourth-order valence-corrected chi connectivity index (χ4v) is 5.29. The Kier molecular flexibility index (Phi) is 21.1. The summed E-state index contributed by atoms with van der Waals surface area (Å²) < 4.78 is 5.58. The van der Waals surface area contributed by atoms with Crippen molar-refractivity contribution in [1.82, 2.24) is 9.80 Å². The van der Waals surface area contributed by atoms with Crippen molar-refractivity contribution in [1.29, 1.82) is 0 Å². The van der Waals surface area contributed by atoms with Gasteiger partial charge in [-0.3, -0.25) is 4.79 Å². The summed E-state index contributed by atoms with van der Waals surface area (Å²) >= 11 is 0. The van der Waals surface area contributed by atoms with Crippen LogP contribution in [0.15, 0.2) is 0 Å². The third-order valence-electron chi connectivity index (χ3n) is 7.50. The maximum absolute atomic E-state index is 12.1. The van der Waals surface area contributed by atoms with Crippen LogP contribution in [0.3, 0.4) is 0 Å². The number of unbranched alkanes of at least 4 members (excludes halogenated alkanes) is 14. The van der Waals surface area contributed by atoms with Crippen molar-refractivity contribution in [3.63, 3.8) is 0 Å². The van der Waals surface area contributed by atoms with E-state index in [1.165, 1.54) is 129 Å². The molecule has 1 aliphatic rings. The summed E-state index contributed by atoms with van der Waals surface area (Å²) in [6.07, 6.45) is 27.1. The van der Waals surface area contributed by atoms with Crippen molar-refractivity contribution in [2.24, 2.45) is 0 Å². The lowest BCUT2D eigenvalue weighted by atomic mass is 9.99. The summed E-state index contributed by atoms with van der Waals surface area (Å²) in [6, 6.07) is 0.606. The number of hydrogen-bond donors (Lipinski definition) is 0. The van der Waals surface area contributed by atoms with Gasteiger partial charge in [0.05, 0.1) is 6.61 Å². The van der Waals surface area contributed by atoms with E-state index in [0.717, 1.165) is 19.4 Å². The van der Waals surface area contributed by atoms with E-state index >= 15 is 0 Å². The van der Waals surface area contributed by atoms with E-state index in [4.69, 9.17) is 4.74 Å². The van der Waals surface area contributed by atoms with Gasteiger partial charge in [0.1, 0.15) is 0 Å². The molecule has 0 saturated carbocycles. The van der Waals surface area contributed by atoms with Gasteiger partial charge in [0.15, 0.2) is 0 Å². The van der Waals surface area contributed by atoms with Gasteiger partial charge in [0, 0.05) is 12.5 Å². The molecule has 1 aliphatic heterocycles. The first-order valence-electron chi connectivity index (χ1n) is 15.2. The SMILES string of the molecule is CCCCCCCCCCCCCCCCCC(=O)OCCC1CCCCN1CCCN(C)C. The summed E-state index contributed by atoms with van der Waals surface area (Å²) in [6.45, 7) is 6.43. The van der Waals surface area contributed by atoms with Gasteiger partial charge in [-0.2, -0.15) is 0 Å². The van der Waals surface area contributed by atoms with Crippen molar-refractivity contribution in [3.05, 3.63) is 0 Å². The highest BCUT2D eigenvalue weighted by atomic mass is 16.5. The first-order valence-corrected chi connectivity index (χ1v) is 15.2. The van der Waals surface area contributed by atoms with Crippen molar-refractivity contribution in [3.8, 4) is 0 Å². The smallest absolute Gasteiger partial charge is 0.305 e. The Bertz CT molecular complexity index is 455. The summed E-state index contributed by atoms with van der Waals surface area (Å²) in [5.74, 6) is 0.0182. The first kappa shape index (κ1) is 31.4. The summed E-state index contributed by atoms with van der Waals surface area (Å²) in [5, 5.41) is 0. The average Bonchev–Trinajstić information content (AvgIpc) is 2.82. The number of carbonyl (C=O) groups is 1. The molecule has 0 amide bonds. The molecule has 0 spiro atoms. The predicted molar refractivity (Wildman–Crippen MR) is 148 cm³/mol. The van der Waals surface area contributed by atoms with Crippen LogP contribution in [0.4, 0.5) is 0 Å². The maximum atomic E-state index is 12.1. The Morgan fingerprint density at radius 1 is 0.794 bits per heavy atom. The predicted octanol–water partition coefficient (Wildman–Crippen LogP) is 7.99. The van der Waals surface area contributed by atoms with Crippen LogP contribution >= 0.6 is 0 Å². The van der Waals surface area contributed by atoms with Gasteiger partial charge in [-0.1, -0.05) is 103 Å². The van der Waals surface area contributed by atoms with E-state index in [0.29, 0.717) is 19.1 Å². The summed E-state index contributed by atoms with van der Waals surface area (Å²) in [7, 11) is 4.29. The van der Waals surface area contributed by atoms with E-state index in [1.807, 2.05) is 0 Å². The minimum atomic E-state index is 0.0182. The molecule has 202 valence electrons. The largest absolute Gasteiger partial charge is 0.466 e. The fraction of sp³-hybridized carbons (Fsp3) is 0.967. The van der Waals surface area contributed by atoms with Gasteiger partial charge in [-0.25, -0.2) is 0 Å². The number of hydrogen-bond acceptors (Lipinski definition) is 4. The highest BCUT2D eigenvalue weighted by Crippen LogP contribution is 2.20. The lowest BCUT2D eigenvalue weighted by Gasteiger charge is -2.36. The van der Waals surface area contributed by atoms with Crippen LogP contribution in [0, 0.1) is 0 Å². The summed E-state index contributed by atoms with van der Waals surface area (Å²) in [4.78, 5) is 17.0. The molecular formula is C30H60N2O2. The molecule has 4 nitrogen and oxygen atoms in total. The van der Waals surface area contributed by atoms with Gasteiger partial charge >= 0.3 is 5.97 Å². The van der Waals surface area contributed by atoms with Gasteiger partial charge in [0.2, 0.25) is 0 Å². The molecule has 0 aromatic rings. The fourth-order valence-electron chi connectivity index (χ4n) is 5.29. The second-order valence-electron chi connectivity index (χ2n) is 11.1. The van der Waals surface area contributed by atoms with Gasteiger partial charge < -0.3 is 14.5 Å². The molecule has 1 rings (SSSR count). The van der Waals surface area contributed by atoms with Crippen LogP contribution in [-0.2, 0) is 9.53 Å². The van der Waals surface area contributed by atoms with Crippen LogP contribution < -0.4 is 0 Å². The number of carbonyl (C=O) groups excluding carboxylic acids is 1. The van der Waals surface area contributed by atoms with E-state index < -0.39 is 0 Å². The molecule has 0 radical (unpaired) electrons. The van der Waals surface area contributed by atoms with Gasteiger partial charge in [-0.15, -0.1) is 0 Å². The number of ether oxygens (including phenoxy) is 1. The Hall–Kier alpha value is -0.610. The maximum Gasteiger partial charge on any atom is 0.305 e. The zero-order valence-electron chi connectivity index (χ0n) is 23.5. The van der Waals surface area contributed by atoms with Gasteiger partial charge in [-0.05, 0) is 65.8 Å². The second-order valence-corrected chi connectivity index (χ2v) is 11.1. The second kappa shape index (κ2) is 22.8. The van der Waals surface area contributed by atoms with Crippen molar-refractivity contribution >= 4 is 5.97 Å². The molecule has 0 aromatic heterocycles. The van der Waals surface area contributed by atoms with Crippen LogP contribution in [0.1, 0.15) is 142 Å². The molecular weight excluding hydrogens is 420 g/mol. The van der Waals surface area contributed by atoms with Crippen LogP contribution in [0.5, 0.6) is 0 Å². The van der Waals surface area contributed by atoms with Crippen LogP contribution in [0.2, 0.25) is 0 Å². The Morgan fingerprint density at radius 3 is 1.91 bits per heavy atom. The summed E-state index contributed by atoms with van der Waals surface area (Å²) in [5.41, 5.74) is 0. The van der Waals surface area contributed by atoms with E-state index in [-0.39, 0.29) is 5.97 Å². The highest BCUT2D eigenvalue weighted by Gasteiger charge is 2.22. The number of nitrogens with zero attached hydrogens (tertiary/aromatic N) is 2.